The second-order valence-corrected chi connectivity index (χ2v) is 5.17. The Bertz CT molecular complexity index is 528. The standard InChI is InChI=1S/C13H17FN4/c1-13(2,3)16-8-12-15-9-17-18(12)11-6-4-5-10(14)7-11/h4-7,9,16H,8H2,1-3H3. The van der Waals surface area contributed by atoms with E-state index in [-0.39, 0.29) is 11.4 Å². The van der Waals surface area contributed by atoms with Crippen LogP contribution in [0.1, 0.15) is 26.6 Å². The lowest BCUT2D eigenvalue weighted by Crippen LogP contribution is -2.35. The number of aromatic nitrogens is 3. The molecule has 5 heteroatoms. The van der Waals surface area contributed by atoms with Crippen LogP contribution in [0.4, 0.5) is 4.39 Å². The van der Waals surface area contributed by atoms with Gasteiger partial charge in [0, 0.05) is 5.54 Å². The quantitative estimate of drug-likeness (QED) is 0.906. The molecule has 96 valence electrons. The fourth-order valence-corrected chi connectivity index (χ4v) is 1.55. The summed E-state index contributed by atoms with van der Waals surface area (Å²) in [5, 5.41) is 7.46. The number of rotatable bonds is 3. The number of nitrogens with one attached hydrogen (secondary N) is 1. The normalized spacial score (nSPS) is 11.8. The molecule has 0 bridgehead atoms. The molecule has 0 saturated heterocycles. The van der Waals surface area contributed by atoms with Crippen LogP contribution in [0.5, 0.6) is 0 Å². The van der Waals surface area contributed by atoms with E-state index in [4.69, 9.17) is 0 Å². The smallest absolute Gasteiger partial charge is 0.146 e. The third-order valence-corrected chi connectivity index (χ3v) is 2.45. The summed E-state index contributed by atoms with van der Waals surface area (Å²) in [6.45, 7) is 6.82. The lowest BCUT2D eigenvalue weighted by atomic mass is 10.1. The molecule has 18 heavy (non-hydrogen) atoms. The molecular weight excluding hydrogens is 231 g/mol. The zero-order chi connectivity index (χ0) is 13.2. The summed E-state index contributed by atoms with van der Waals surface area (Å²) in [5.41, 5.74) is 0.678. The highest BCUT2D eigenvalue weighted by atomic mass is 19.1. The van der Waals surface area contributed by atoms with Crippen LogP contribution in [0.25, 0.3) is 5.69 Å². The van der Waals surface area contributed by atoms with Gasteiger partial charge in [-0.3, -0.25) is 0 Å². The van der Waals surface area contributed by atoms with E-state index < -0.39 is 0 Å². The average Bonchev–Trinajstić information content (AvgIpc) is 2.73. The van der Waals surface area contributed by atoms with Crippen LogP contribution in [0.3, 0.4) is 0 Å². The highest BCUT2D eigenvalue weighted by Gasteiger charge is 2.12. The fraction of sp³-hybridized carbons (Fsp3) is 0.385. The van der Waals surface area contributed by atoms with E-state index in [1.54, 1.807) is 16.8 Å². The molecule has 1 aromatic carbocycles. The Hall–Kier alpha value is -1.75. The summed E-state index contributed by atoms with van der Waals surface area (Å²) in [6, 6.07) is 6.31. The van der Waals surface area contributed by atoms with Crippen LogP contribution in [-0.4, -0.2) is 20.3 Å². The molecule has 0 atom stereocenters. The molecular formula is C13H17FN4. The van der Waals surface area contributed by atoms with E-state index in [0.29, 0.717) is 12.2 Å². The first-order valence-corrected chi connectivity index (χ1v) is 5.85. The molecule has 0 aliphatic carbocycles. The average molecular weight is 248 g/mol. The van der Waals surface area contributed by atoms with Crippen molar-refractivity contribution in [3.05, 3.63) is 42.2 Å². The molecule has 1 heterocycles. The maximum atomic E-state index is 13.2. The number of halogens is 1. The minimum Gasteiger partial charge on any atom is -0.305 e. The van der Waals surface area contributed by atoms with Crippen molar-refractivity contribution in [3.63, 3.8) is 0 Å². The Balaban J connectivity index is 2.23. The Morgan fingerprint density at radius 1 is 1.33 bits per heavy atom. The summed E-state index contributed by atoms with van der Waals surface area (Å²) < 4.78 is 14.8. The summed E-state index contributed by atoms with van der Waals surface area (Å²) >= 11 is 0. The summed E-state index contributed by atoms with van der Waals surface area (Å²) in [4.78, 5) is 4.19. The molecule has 0 saturated carbocycles. The zero-order valence-corrected chi connectivity index (χ0v) is 10.8. The minimum atomic E-state index is -0.280. The number of nitrogens with zero attached hydrogens (tertiary/aromatic N) is 3. The molecule has 1 aromatic heterocycles. The highest BCUT2D eigenvalue weighted by Crippen LogP contribution is 2.11. The maximum absolute atomic E-state index is 13.2. The van der Waals surface area contributed by atoms with E-state index >= 15 is 0 Å². The van der Waals surface area contributed by atoms with Crippen molar-refractivity contribution in [2.24, 2.45) is 0 Å². The van der Waals surface area contributed by atoms with Crippen LogP contribution in [0.2, 0.25) is 0 Å². The van der Waals surface area contributed by atoms with Gasteiger partial charge in [0.2, 0.25) is 0 Å². The van der Waals surface area contributed by atoms with Gasteiger partial charge < -0.3 is 5.32 Å². The van der Waals surface area contributed by atoms with Gasteiger partial charge in [-0.25, -0.2) is 14.1 Å². The van der Waals surface area contributed by atoms with Crippen LogP contribution >= 0.6 is 0 Å². The Kier molecular flexibility index (Phi) is 3.43. The third-order valence-electron chi connectivity index (χ3n) is 2.45. The van der Waals surface area contributed by atoms with E-state index in [2.05, 4.69) is 36.2 Å². The molecule has 0 radical (unpaired) electrons. The molecule has 0 spiro atoms. The first-order valence-electron chi connectivity index (χ1n) is 5.85. The zero-order valence-electron chi connectivity index (χ0n) is 10.8. The topological polar surface area (TPSA) is 42.7 Å². The van der Waals surface area contributed by atoms with Gasteiger partial charge in [0.05, 0.1) is 12.2 Å². The maximum Gasteiger partial charge on any atom is 0.146 e. The van der Waals surface area contributed by atoms with Crippen molar-refractivity contribution in [3.8, 4) is 5.69 Å². The SMILES string of the molecule is CC(C)(C)NCc1ncnn1-c1cccc(F)c1. The van der Waals surface area contributed by atoms with Crippen molar-refractivity contribution < 1.29 is 4.39 Å². The van der Waals surface area contributed by atoms with Gasteiger partial charge in [-0.15, -0.1) is 0 Å². The predicted molar refractivity (Wildman–Crippen MR) is 67.9 cm³/mol. The second-order valence-electron chi connectivity index (χ2n) is 5.17. The molecule has 2 aromatic rings. The summed E-state index contributed by atoms with van der Waals surface area (Å²) in [7, 11) is 0. The van der Waals surface area contributed by atoms with Gasteiger partial charge in [0.25, 0.3) is 0 Å². The largest absolute Gasteiger partial charge is 0.305 e. The predicted octanol–water partition coefficient (Wildman–Crippen LogP) is 2.29. The van der Waals surface area contributed by atoms with E-state index in [9.17, 15) is 4.39 Å². The molecule has 0 amide bonds. The molecule has 0 unspecified atom stereocenters. The van der Waals surface area contributed by atoms with Crippen molar-refractivity contribution in [2.45, 2.75) is 32.9 Å². The minimum absolute atomic E-state index is 0.00127. The first-order chi connectivity index (χ1) is 8.46. The Morgan fingerprint density at radius 2 is 2.11 bits per heavy atom. The summed E-state index contributed by atoms with van der Waals surface area (Å²) in [6.07, 6.45) is 1.48. The molecule has 1 N–H and O–H groups in total. The van der Waals surface area contributed by atoms with Gasteiger partial charge in [-0.05, 0) is 39.0 Å². The number of benzene rings is 1. The van der Waals surface area contributed by atoms with Gasteiger partial charge in [-0.2, -0.15) is 5.10 Å². The van der Waals surface area contributed by atoms with Crippen LogP contribution < -0.4 is 5.32 Å². The molecule has 0 aliphatic heterocycles. The number of hydrogen-bond acceptors (Lipinski definition) is 3. The third kappa shape index (κ3) is 3.13. The lowest BCUT2D eigenvalue weighted by Gasteiger charge is -2.20. The highest BCUT2D eigenvalue weighted by molar-refractivity contribution is 5.31. The molecule has 0 fully saturated rings. The van der Waals surface area contributed by atoms with E-state index in [1.807, 2.05) is 0 Å². The Morgan fingerprint density at radius 3 is 2.78 bits per heavy atom. The van der Waals surface area contributed by atoms with Crippen molar-refractivity contribution in [1.82, 2.24) is 20.1 Å². The van der Waals surface area contributed by atoms with E-state index in [1.165, 1.54) is 18.5 Å². The van der Waals surface area contributed by atoms with Crippen molar-refractivity contribution in [2.75, 3.05) is 0 Å². The van der Waals surface area contributed by atoms with Crippen LogP contribution in [-0.2, 0) is 6.54 Å². The van der Waals surface area contributed by atoms with Gasteiger partial charge in [0.15, 0.2) is 0 Å². The number of hydrogen-bond donors (Lipinski definition) is 1. The van der Waals surface area contributed by atoms with Crippen LogP contribution in [0.15, 0.2) is 30.6 Å². The second kappa shape index (κ2) is 4.86. The fourth-order valence-electron chi connectivity index (χ4n) is 1.55. The molecule has 4 nitrogen and oxygen atoms in total. The summed E-state index contributed by atoms with van der Waals surface area (Å²) in [5.74, 6) is 0.480. The molecule has 2 rings (SSSR count). The Labute approximate surface area is 106 Å². The van der Waals surface area contributed by atoms with E-state index in [0.717, 1.165) is 5.82 Å². The molecule has 0 aliphatic rings. The monoisotopic (exact) mass is 248 g/mol. The van der Waals surface area contributed by atoms with Gasteiger partial charge >= 0.3 is 0 Å². The lowest BCUT2D eigenvalue weighted by molar-refractivity contribution is 0.415. The van der Waals surface area contributed by atoms with Crippen LogP contribution in [0, 0.1) is 5.82 Å². The van der Waals surface area contributed by atoms with Gasteiger partial charge in [0.1, 0.15) is 18.0 Å². The first kappa shape index (κ1) is 12.7. The van der Waals surface area contributed by atoms with Crippen molar-refractivity contribution >= 4 is 0 Å². The van der Waals surface area contributed by atoms with Crippen molar-refractivity contribution in [1.29, 1.82) is 0 Å². The van der Waals surface area contributed by atoms with Gasteiger partial charge in [-0.1, -0.05) is 6.07 Å².